The van der Waals surface area contributed by atoms with Gasteiger partial charge in [-0.15, -0.1) is 0 Å². The van der Waals surface area contributed by atoms with E-state index < -0.39 is 11.4 Å². The number of aliphatic carboxylic acids is 1. The molecule has 0 spiro atoms. The Bertz CT molecular complexity index is 617. The zero-order chi connectivity index (χ0) is 17.7. The van der Waals surface area contributed by atoms with Crippen LogP contribution < -0.4 is 4.74 Å². The van der Waals surface area contributed by atoms with Gasteiger partial charge >= 0.3 is 5.97 Å². The molecule has 1 fully saturated rings. The Labute approximate surface area is 146 Å². The number of amides is 1. The van der Waals surface area contributed by atoms with Crippen LogP contribution in [0.25, 0.3) is 0 Å². The van der Waals surface area contributed by atoms with Crippen LogP contribution in [-0.2, 0) is 9.53 Å². The molecule has 1 aliphatic heterocycles. The number of likely N-dealkylation sites (tertiary alicyclic amines) is 1. The lowest BCUT2D eigenvalue weighted by molar-refractivity contribution is -0.155. The zero-order valence-electron chi connectivity index (χ0n) is 13.9. The first-order valence-corrected chi connectivity index (χ1v) is 8.25. The Morgan fingerprint density at radius 2 is 2.17 bits per heavy atom. The van der Waals surface area contributed by atoms with Crippen LogP contribution in [0.15, 0.2) is 18.2 Å². The second kappa shape index (κ2) is 7.85. The maximum atomic E-state index is 12.9. The van der Waals surface area contributed by atoms with Gasteiger partial charge < -0.3 is 19.5 Å². The van der Waals surface area contributed by atoms with Gasteiger partial charge in [0.15, 0.2) is 0 Å². The van der Waals surface area contributed by atoms with Crippen LogP contribution in [0.4, 0.5) is 0 Å². The molecule has 1 amide bonds. The molecule has 24 heavy (non-hydrogen) atoms. The van der Waals surface area contributed by atoms with Crippen LogP contribution >= 0.6 is 11.6 Å². The lowest BCUT2D eigenvalue weighted by Gasteiger charge is -2.39. The van der Waals surface area contributed by atoms with Crippen molar-refractivity contribution in [3.63, 3.8) is 0 Å². The van der Waals surface area contributed by atoms with Gasteiger partial charge in [0.05, 0.1) is 18.8 Å². The third kappa shape index (κ3) is 3.82. The number of nitrogens with zero attached hydrogens (tertiary/aromatic N) is 1. The Morgan fingerprint density at radius 1 is 1.42 bits per heavy atom. The molecule has 1 saturated heterocycles. The van der Waals surface area contributed by atoms with E-state index in [9.17, 15) is 14.7 Å². The largest absolute Gasteiger partial charge is 0.493 e. The van der Waals surface area contributed by atoms with Crippen molar-refractivity contribution in [1.29, 1.82) is 0 Å². The Hall–Kier alpha value is -1.79. The Kier molecular flexibility index (Phi) is 6.07. The van der Waals surface area contributed by atoms with E-state index in [1.54, 1.807) is 23.1 Å². The molecule has 1 aromatic carbocycles. The van der Waals surface area contributed by atoms with Crippen molar-refractivity contribution in [2.45, 2.75) is 19.8 Å². The number of halogens is 1. The summed E-state index contributed by atoms with van der Waals surface area (Å²) in [6.07, 6.45) is 1.10. The number of hydrogen-bond donors (Lipinski definition) is 1. The summed E-state index contributed by atoms with van der Waals surface area (Å²) in [5.41, 5.74) is -0.680. The highest BCUT2D eigenvalue weighted by Crippen LogP contribution is 2.33. The third-order valence-electron chi connectivity index (χ3n) is 4.21. The summed E-state index contributed by atoms with van der Waals surface area (Å²) in [5.74, 6) is -0.784. The van der Waals surface area contributed by atoms with E-state index in [2.05, 4.69) is 0 Å². The molecule has 132 valence electrons. The fourth-order valence-corrected chi connectivity index (χ4v) is 3.22. The molecule has 0 aromatic heterocycles. The van der Waals surface area contributed by atoms with Crippen LogP contribution in [0.2, 0.25) is 5.02 Å². The van der Waals surface area contributed by atoms with Gasteiger partial charge in [0.2, 0.25) is 0 Å². The van der Waals surface area contributed by atoms with Crippen LogP contribution in [0.1, 0.15) is 30.1 Å². The minimum Gasteiger partial charge on any atom is -0.493 e. The van der Waals surface area contributed by atoms with Crippen molar-refractivity contribution >= 4 is 23.5 Å². The molecular weight excluding hydrogens is 334 g/mol. The second-order valence-corrected chi connectivity index (χ2v) is 6.36. The quantitative estimate of drug-likeness (QED) is 0.849. The summed E-state index contributed by atoms with van der Waals surface area (Å²) in [5, 5.41) is 10.1. The summed E-state index contributed by atoms with van der Waals surface area (Å²) >= 11 is 5.97. The molecule has 0 bridgehead atoms. The highest BCUT2D eigenvalue weighted by Gasteiger charge is 2.44. The Morgan fingerprint density at radius 3 is 2.79 bits per heavy atom. The van der Waals surface area contributed by atoms with E-state index in [1.807, 2.05) is 6.92 Å². The number of carboxylic acid groups (broad SMARTS) is 1. The molecule has 0 aliphatic carbocycles. The summed E-state index contributed by atoms with van der Waals surface area (Å²) in [4.78, 5) is 26.2. The highest BCUT2D eigenvalue weighted by molar-refractivity contribution is 6.30. The van der Waals surface area contributed by atoms with Crippen molar-refractivity contribution in [1.82, 2.24) is 4.90 Å². The number of benzene rings is 1. The molecule has 0 saturated carbocycles. The third-order valence-corrected chi connectivity index (χ3v) is 4.45. The maximum Gasteiger partial charge on any atom is 0.313 e. The number of carboxylic acids is 1. The van der Waals surface area contributed by atoms with Gasteiger partial charge in [-0.05, 0) is 38.0 Å². The van der Waals surface area contributed by atoms with Gasteiger partial charge in [0, 0.05) is 25.2 Å². The summed E-state index contributed by atoms with van der Waals surface area (Å²) in [7, 11) is 1.47. The molecule has 1 unspecified atom stereocenters. The normalized spacial score (nSPS) is 20.7. The molecule has 1 aliphatic rings. The molecule has 1 atom stereocenters. The van der Waals surface area contributed by atoms with Gasteiger partial charge in [-0.1, -0.05) is 11.6 Å². The van der Waals surface area contributed by atoms with Crippen LogP contribution in [0.5, 0.6) is 5.75 Å². The van der Waals surface area contributed by atoms with Gasteiger partial charge in [0.1, 0.15) is 11.2 Å². The monoisotopic (exact) mass is 355 g/mol. The number of ether oxygens (including phenoxy) is 2. The molecule has 0 radical (unpaired) electrons. The number of piperidine rings is 1. The van der Waals surface area contributed by atoms with Crippen molar-refractivity contribution in [3.8, 4) is 5.75 Å². The Balaban J connectivity index is 2.28. The fraction of sp³-hybridized carbons (Fsp3) is 0.529. The first-order valence-electron chi connectivity index (χ1n) is 7.87. The lowest BCUT2D eigenvalue weighted by atomic mass is 9.80. The van der Waals surface area contributed by atoms with Gasteiger partial charge in [-0.3, -0.25) is 9.59 Å². The van der Waals surface area contributed by atoms with Gasteiger partial charge in [0.25, 0.3) is 5.91 Å². The summed E-state index contributed by atoms with van der Waals surface area (Å²) in [6.45, 7) is 2.92. The van der Waals surface area contributed by atoms with E-state index in [-0.39, 0.29) is 19.1 Å². The van der Waals surface area contributed by atoms with E-state index in [1.165, 1.54) is 7.11 Å². The first-order chi connectivity index (χ1) is 11.4. The predicted octanol–water partition coefficient (Wildman–Crippen LogP) is 2.69. The number of carbonyl (C=O) groups excluding carboxylic acids is 1. The molecule has 1 heterocycles. The highest BCUT2D eigenvalue weighted by atomic mass is 35.5. The van der Waals surface area contributed by atoms with Crippen LogP contribution in [-0.4, -0.2) is 55.3 Å². The average Bonchev–Trinajstić information content (AvgIpc) is 2.55. The van der Waals surface area contributed by atoms with Crippen molar-refractivity contribution in [2.75, 3.05) is 33.4 Å². The van der Waals surface area contributed by atoms with Gasteiger partial charge in [-0.25, -0.2) is 0 Å². The number of carbonyl (C=O) groups is 2. The number of methoxy groups -OCH3 is 1. The lowest BCUT2D eigenvalue weighted by Crippen LogP contribution is -2.52. The molecular formula is C17H22ClNO5. The first kappa shape index (κ1) is 18.5. The maximum absolute atomic E-state index is 12.9. The predicted molar refractivity (Wildman–Crippen MR) is 89.7 cm³/mol. The average molecular weight is 356 g/mol. The van der Waals surface area contributed by atoms with E-state index in [0.717, 1.165) is 0 Å². The SMILES string of the molecule is CCOc1cc(Cl)ccc1C(=O)N1CCCC(COC)(C(=O)O)C1. The summed E-state index contributed by atoms with van der Waals surface area (Å²) < 4.78 is 10.6. The standard InChI is InChI=1S/C17H22ClNO5/c1-3-24-14-9-12(18)5-6-13(14)15(20)19-8-4-7-17(10-19,11-23-2)16(21)22/h5-6,9H,3-4,7-8,10-11H2,1-2H3,(H,21,22). The van der Waals surface area contributed by atoms with Crippen molar-refractivity contribution in [3.05, 3.63) is 28.8 Å². The van der Waals surface area contributed by atoms with Crippen molar-refractivity contribution in [2.24, 2.45) is 5.41 Å². The topological polar surface area (TPSA) is 76.1 Å². The van der Waals surface area contributed by atoms with Crippen molar-refractivity contribution < 1.29 is 24.2 Å². The number of hydrogen-bond acceptors (Lipinski definition) is 4. The second-order valence-electron chi connectivity index (χ2n) is 5.92. The number of rotatable bonds is 6. The minimum atomic E-state index is -1.07. The van der Waals surface area contributed by atoms with Crippen LogP contribution in [0.3, 0.4) is 0 Å². The molecule has 6 nitrogen and oxygen atoms in total. The molecule has 2 rings (SSSR count). The molecule has 1 N–H and O–H groups in total. The zero-order valence-corrected chi connectivity index (χ0v) is 14.6. The van der Waals surface area contributed by atoms with E-state index >= 15 is 0 Å². The summed E-state index contributed by atoms with van der Waals surface area (Å²) in [6, 6.07) is 4.84. The minimum absolute atomic E-state index is 0.0745. The molecule has 1 aromatic rings. The smallest absolute Gasteiger partial charge is 0.313 e. The van der Waals surface area contributed by atoms with E-state index in [4.69, 9.17) is 21.1 Å². The van der Waals surface area contributed by atoms with E-state index in [0.29, 0.717) is 42.3 Å². The van der Waals surface area contributed by atoms with Gasteiger partial charge in [-0.2, -0.15) is 0 Å². The molecule has 7 heteroatoms. The van der Waals surface area contributed by atoms with Crippen LogP contribution in [0, 0.1) is 5.41 Å². The fourth-order valence-electron chi connectivity index (χ4n) is 3.05.